The SMILES string of the molecule is CC(C)(C)n1ccc([C@@H]2[C@@H](c3ccccn3)NC(=S)N2c2ccc(OC3CCCC3)cc2)c1. The van der Waals surface area contributed by atoms with Gasteiger partial charge in [-0.3, -0.25) is 4.98 Å². The van der Waals surface area contributed by atoms with E-state index in [2.05, 4.69) is 89.3 Å². The van der Waals surface area contributed by atoms with Gasteiger partial charge < -0.3 is 19.5 Å². The van der Waals surface area contributed by atoms with Gasteiger partial charge in [0.1, 0.15) is 5.75 Å². The van der Waals surface area contributed by atoms with Crippen LogP contribution in [0.3, 0.4) is 0 Å². The molecule has 2 fully saturated rings. The van der Waals surface area contributed by atoms with Crippen molar-refractivity contribution in [2.24, 2.45) is 0 Å². The average Bonchev–Trinajstić information content (AvgIpc) is 3.55. The molecule has 33 heavy (non-hydrogen) atoms. The summed E-state index contributed by atoms with van der Waals surface area (Å²) in [4.78, 5) is 6.87. The first-order chi connectivity index (χ1) is 15.9. The third-order valence-corrected chi connectivity index (χ3v) is 6.96. The molecule has 1 aromatic carbocycles. The van der Waals surface area contributed by atoms with E-state index in [4.69, 9.17) is 17.0 Å². The average molecular weight is 461 g/mol. The summed E-state index contributed by atoms with van der Waals surface area (Å²) in [5.41, 5.74) is 3.25. The number of hydrogen-bond acceptors (Lipinski definition) is 3. The molecule has 1 saturated heterocycles. The van der Waals surface area contributed by atoms with Crippen LogP contribution in [0, 0.1) is 0 Å². The monoisotopic (exact) mass is 460 g/mol. The second-order valence-corrected chi connectivity index (χ2v) is 10.4. The van der Waals surface area contributed by atoms with E-state index in [1.54, 1.807) is 0 Å². The molecule has 3 heterocycles. The summed E-state index contributed by atoms with van der Waals surface area (Å²) in [5.74, 6) is 0.931. The topological polar surface area (TPSA) is 42.3 Å². The highest BCUT2D eigenvalue weighted by Crippen LogP contribution is 2.42. The maximum absolute atomic E-state index is 6.18. The van der Waals surface area contributed by atoms with Crippen molar-refractivity contribution in [2.75, 3.05) is 4.90 Å². The van der Waals surface area contributed by atoms with Crippen molar-refractivity contribution in [3.63, 3.8) is 0 Å². The fourth-order valence-corrected chi connectivity index (χ4v) is 5.21. The van der Waals surface area contributed by atoms with Gasteiger partial charge in [0, 0.05) is 29.8 Å². The van der Waals surface area contributed by atoms with E-state index < -0.39 is 0 Å². The molecule has 1 N–H and O–H groups in total. The van der Waals surface area contributed by atoms with Crippen LogP contribution in [0.1, 0.15) is 69.8 Å². The molecule has 1 aliphatic carbocycles. The van der Waals surface area contributed by atoms with Crippen LogP contribution in [0.4, 0.5) is 5.69 Å². The van der Waals surface area contributed by atoms with Gasteiger partial charge in [0.25, 0.3) is 0 Å². The molecule has 2 aromatic heterocycles. The number of thiocarbonyl (C=S) groups is 1. The van der Waals surface area contributed by atoms with Crippen LogP contribution in [-0.4, -0.2) is 20.8 Å². The molecule has 2 atom stereocenters. The molecule has 0 spiro atoms. The second kappa shape index (κ2) is 8.82. The summed E-state index contributed by atoms with van der Waals surface area (Å²) in [6.45, 7) is 6.64. The minimum absolute atomic E-state index is 0.00222. The van der Waals surface area contributed by atoms with Crippen molar-refractivity contribution in [3.05, 3.63) is 78.4 Å². The zero-order valence-corrected chi connectivity index (χ0v) is 20.4. The quantitative estimate of drug-likeness (QED) is 0.464. The van der Waals surface area contributed by atoms with E-state index in [-0.39, 0.29) is 17.6 Å². The number of ether oxygens (including phenoxy) is 1. The molecule has 172 valence electrons. The van der Waals surface area contributed by atoms with E-state index in [1.165, 1.54) is 18.4 Å². The highest BCUT2D eigenvalue weighted by molar-refractivity contribution is 7.80. The van der Waals surface area contributed by atoms with Crippen LogP contribution in [0.15, 0.2) is 67.1 Å². The number of pyridine rings is 1. The number of hydrogen-bond donors (Lipinski definition) is 1. The van der Waals surface area contributed by atoms with Crippen molar-refractivity contribution in [1.29, 1.82) is 0 Å². The van der Waals surface area contributed by atoms with Crippen LogP contribution in [0.25, 0.3) is 0 Å². The molecular formula is C27H32N4OS. The van der Waals surface area contributed by atoms with Gasteiger partial charge in [0.15, 0.2) is 5.11 Å². The molecule has 5 nitrogen and oxygen atoms in total. The fourth-order valence-electron chi connectivity index (χ4n) is 4.86. The van der Waals surface area contributed by atoms with Crippen molar-refractivity contribution in [3.8, 4) is 5.75 Å². The molecule has 6 heteroatoms. The van der Waals surface area contributed by atoms with Crippen molar-refractivity contribution < 1.29 is 4.74 Å². The van der Waals surface area contributed by atoms with Gasteiger partial charge in [0.05, 0.1) is 23.9 Å². The lowest BCUT2D eigenvalue weighted by atomic mass is 9.98. The van der Waals surface area contributed by atoms with E-state index >= 15 is 0 Å². The highest BCUT2D eigenvalue weighted by Gasteiger charge is 2.41. The number of aromatic nitrogens is 2. The van der Waals surface area contributed by atoms with E-state index in [9.17, 15) is 0 Å². The maximum atomic E-state index is 6.18. The van der Waals surface area contributed by atoms with Crippen molar-refractivity contribution >= 4 is 23.0 Å². The predicted molar refractivity (Wildman–Crippen MR) is 137 cm³/mol. The van der Waals surface area contributed by atoms with Gasteiger partial charge in [0.2, 0.25) is 0 Å². The van der Waals surface area contributed by atoms with Gasteiger partial charge in [-0.15, -0.1) is 0 Å². The molecule has 0 radical (unpaired) electrons. The Morgan fingerprint density at radius 3 is 2.42 bits per heavy atom. The normalized spacial score (nSPS) is 21.4. The Morgan fingerprint density at radius 1 is 1.03 bits per heavy atom. The zero-order valence-electron chi connectivity index (χ0n) is 19.6. The van der Waals surface area contributed by atoms with Gasteiger partial charge in [-0.2, -0.15) is 0 Å². The number of nitrogens with one attached hydrogen (secondary N) is 1. The Labute approximate surface area is 201 Å². The zero-order chi connectivity index (χ0) is 23.0. The highest BCUT2D eigenvalue weighted by atomic mass is 32.1. The molecule has 0 amide bonds. The minimum Gasteiger partial charge on any atom is -0.490 e. The third-order valence-electron chi connectivity index (χ3n) is 6.65. The van der Waals surface area contributed by atoms with Gasteiger partial charge in [-0.05, 0) is 107 Å². The molecular weight excluding hydrogens is 428 g/mol. The van der Waals surface area contributed by atoms with Gasteiger partial charge in [-0.25, -0.2) is 0 Å². The maximum Gasteiger partial charge on any atom is 0.174 e. The molecule has 1 saturated carbocycles. The van der Waals surface area contributed by atoms with E-state index in [1.807, 2.05) is 18.3 Å². The lowest BCUT2D eigenvalue weighted by Gasteiger charge is -2.28. The number of rotatable bonds is 5. The van der Waals surface area contributed by atoms with Crippen LogP contribution >= 0.6 is 12.2 Å². The Hall–Kier alpha value is -2.86. The Kier molecular flexibility index (Phi) is 5.87. The number of nitrogens with zero attached hydrogens (tertiary/aromatic N) is 3. The van der Waals surface area contributed by atoms with Crippen molar-refractivity contribution in [1.82, 2.24) is 14.9 Å². The molecule has 3 aromatic rings. The Morgan fingerprint density at radius 2 is 1.79 bits per heavy atom. The molecule has 0 bridgehead atoms. The summed E-state index contributed by atoms with van der Waals surface area (Å²) < 4.78 is 8.44. The summed E-state index contributed by atoms with van der Waals surface area (Å²) >= 11 is 5.85. The lowest BCUT2D eigenvalue weighted by Crippen LogP contribution is -2.29. The summed E-state index contributed by atoms with van der Waals surface area (Å²) in [6, 6.07) is 16.6. The first-order valence-corrected chi connectivity index (χ1v) is 12.3. The van der Waals surface area contributed by atoms with Crippen LogP contribution < -0.4 is 15.0 Å². The van der Waals surface area contributed by atoms with E-state index in [0.717, 1.165) is 30.0 Å². The van der Waals surface area contributed by atoms with Crippen molar-refractivity contribution in [2.45, 2.75) is 70.2 Å². The predicted octanol–water partition coefficient (Wildman–Crippen LogP) is 6.14. The minimum atomic E-state index is -0.0380. The molecule has 5 rings (SSSR count). The lowest BCUT2D eigenvalue weighted by molar-refractivity contribution is 0.210. The number of benzene rings is 1. The van der Waals surface area contributed by atoms with Gasteiger partial charge >= 0.3 is 0 Å². The smallest absolute Gasteiger partial charge is 0.174 e. The van der Waals surface area contributed by atoms with Crippen LogP contribution in [0.5, 0.6) is 5.75 Å². The van der Waals surface area contributed by atoms with Crippen LogP contribution in [0.2, 0.25) is 0 Å². The fraction of sp³-hybridized carbons (Fsp3) is 0.407. The molecule has 0 unspecified atom stereocenters. The summed E-state index contributed by atoms with van der Waals surface area (Å²) in [7, 11) is 0. The second-order valence-electron chi connectivity index (χ2n) is 10.0. The number of anilines is 1. The third kappa shape index (κ3) is 4.49. The standard InChI is InChI=1S/C27H32N4OS/c1-27(2,3)30-17-15-19(18-30)25-24(23-10-6-7-16-28-23)29-26(33)31(25)20-11-13-22(14-12-20)32-21-8-4-5-9-21/h6-7,10-18,21,24-25H,4-5,8-9H2,1-3H3,(H,29,33)/t24-,25-/m1/s1. The first-order valence-electron chi connectivity index (χ1n) is 11.9. The van der Waals surface area contributed by atoms with E-state index in [0.29, 0.717) is 11.2 Å². The van der Waals surface area contributed by atoms with Crippen LogP contribution in [-0.2, 0) is 5.54 Å². The first kappa shape index (κ1) is 22.0. The Bertz CT molecular complexity index is 1100. The molecule has 2 aliphatic rings. The summed E-state index contributed by atoms with van der Waals surface area (Å²) in [5, 5.41) is 4.25. The molecule has 1 aliphatic heterocycles. The largest absolute Gasteiger partial charge is 0.490 e. The van der Waals surface area contributed by atoms with Gasteiger partial charge in [-0.1, -0.05) is 6.07 Å². The Balaban J connectivity index is 1.49. The summed E-state index contributed by atoms with van der Waals surface area (Å²) in [6.07, 6.45) is 11.4.